The third-order valence-corrected chi connectivity index (χ3v) is 3.76. The van der Waals surface area contributed by atoms with Crippen molar-refractivity contribution in [2.24, 2.45) is 5.41 Å². The number of carbonyl (C=O) groups excluding carboxylic acids is 2. The molecule has 0 radical (unpaired) electrons. The lowest BCUT2D eigenvalue weighted by Gasteiger charge is -2.36. The first-order valence-electron chi connectivity index (χ1n) is 7.24. The van der Waals surface area contributed by atoms with Crippen molar-refractivity contribution >= 4 is 11.9 Å². The van der Waals surface area contributed by atoms with Crippen LogP contribution in [0.5, 0.6) is 0 Å². The molecule has 0 saturated heterocycles. The molecule has 1 fully saturated rings. The maximum atomic E-state index is 11.9. The number of amides is 1. The number of hydrogen-bond donors (Lipinski definition) is 2. The molecule has 1 aliphatic rings. The Morgan fingerprint density at radius 2 is 1.95 bits per heavy atom. The SMILES string of the molecule is CC(=O)NCC1(CC(=O)OC/C=C/CO)CCCCC1. The van der Waals surface area contributed by atoms with Crippen molar-refractivity contribution in [3.8, 4) is 0 Å². The van der Waals surface area contributed by atoms with Gasteiger partial charge in [-0.05, 0) is 24.3 Å². The molecule has 0 heterocycles. The van der Waals surface area contributed by atoms with Crippen molar-refractivity contribution in [3.63, 3.8) is 0 Å². The highest BCUT2D eigenvalue weighted by Crippen LogP contribution is 2.39. The van der Waals surface area contributed by atoms with Gasteiger partial charge in [0, 0.05) is 13.5 Å². The second-order valence-electron chi connectivity index (χ2n) is 5.48. The summed E-state index contributed by atoms with van der Waals surface area (Å²) in [6.07, 6.45) is 8.80. The fraction of sp³-hybridized carbons (Fsp3) is 0.733. The minimum atomic E-state index is -0.236. The standard InChI is InChI=1S/C15H25NO4/c1-13(18)16-12-15(7-3-2-4-8-15)11-14(19)20-10-6-5-9-17/h5-6,17H,2-4,7-12H2,1H3,(H,16,18)/b6-5+. The molecule has 0 aromatic rings. The van der Waals surface area contributed by atoms with Crippen molar-refractivity contribution in [1.29, 1.82) is 0 Å². The average molecular weight is 283 g/mol. The molecule has 0 aromatic carbocycles. The Morgan fingerprint density at radius 1 is 1.25 bits per heavy atom. The summed E-state index contributed by atoms with van der Waals surface area (Å²) in [7, 11) is 0. The maximum absolute atomic E-state index is 11.9. The summed E-state index contributed by atoms with van der Waals surface area (Å²) in [5.74, 6) is -0.297. The number of ether oxygens (including phenoxy) is 1. The lowest BCUT2D eigenvalue weighted by atomic mass is 9.71. The first-order valence-corrected chi connectivity index (χ1v) is 7.24. The van der Waals surface area contributed by atoms with E-state index in [2.05, 4.69) is 5.32 Å². The van der Waals surface area contributed by atoms with E-state index in [1.807, 2.05) is 0 Å². The maximum Gasteiger partial charge on any atom is 0.306 e. The predicted molar refractivity (Wildman–Crippen MR) is 76.0 cm³/mol. The molecule has 2 N–H and O–H groups in total. The molecule has 1 saturated carbocycles. The van der Waals surface area contributed by atoms with Gasteiger partial charge in [0.05, 0.1) is 13.0 Å². The first kappa shape index (κ1) is 16.7. The summed E-state index contributed by atoms with van der Waals surface area (Å²) in [5.41, 5.74) is -0.151. The van der Waals surface area contributed by atoms with Crippen molar-refractivity contribution < 1.29 is 19.4 Å². The summed E-state index contributed by atoms with van der Waals surface area (Å²) >= 11 is 0. The molecule has 20 heavy (non-hydrogen) atoms. The number of carbonyl (C=O) groups is 2. The Bertz CT molecular complexity index is 346. The third-order valence-electron chi connectivity index (χ3n) is 3.76. The fourth-order valence-corrected chi connectivity index (χ4v) is 2.67. The predicted octanol–water partition coefficient (Wildman–Crippen LogP) is 1.55. The van der Waals surface area contributed by atoms with E-state index in [9.17, 15) is 9.59 Å². The van der Waals surface area contributed by atoms with Crippen molar-refractivity contribution in [2.45, 2.75) is 45.4 Å². The molecule has 0 spiro atoms. The van der Waals surface area contributed by atoms with Crippen LogP contribution in [0.15, 0.2) is 12.2 Å². The number of aliphatic hydroxyl groups excluding tert-OH is 1. The molecule has 114 valence electrons. The van der Waals surface area contributed by atoms with E-state index in [1.54, 1.807) is 12.2 Å². The molecule has 1 amide bonds. The van der Waals surface area contributed by atoms with E-state index >= 15 is 0 Å². The van der Waals surface area contributed by atoms with Gasteiger partial charge < -0.3 is 15.2 Å². The van der Waals surface area contributed by atoms with Crippen LogP contribution in [0.3, 0.4) is 0 Å². The smallest absolute Gasteiger partial charge is 0.306 e. The molecular formula is C15H25NO4. The fourth-order valence-electron chi connectivity index (χ4n) is 2.67. The highest BCUT2D eigenvalue weighted by Gasteiger charge is 2.35. The molecule has 0 bridgehead atoms. The summed E-state index contributed by atoms with van der Waals surface area (Å²) in [5, 5.41) is 11.4. The van der Waals surface area contributed by atoms with Crippen LogP contribution in [-0.4, -0.2) is 36.7 Å². The van der Waals surface area contributed by atoms with E-state index < -0.39 is 0 Å². The topological polar surface area (TPSA) is 75.6 Å². The van der Waals surface area contributed by atoms with Crippen LogP contribution in [0, 0.1) is 5.41 Å². The van der Waals surface area contributed by atoms with Crippen LogP contribution in [0.4, 0.5) is 0 Å². The zero-order valence-corrected chi connectivity index (χ0v) is 12.2. The van der Waals surface area contributed by atoms with Gasteiger partial charge in [-0.3, -0.25) is 9.59 Å². The lowest BCUT2D eigenvalue weighted by molar-refractivity contribution is -0.146. The van der Waals surface area contributed by atoms with Gasteiger partial charge in [-0.1, -0.05) is 25.3 Å². The van der Waals surface area contributed by atoms with Gasteiger partial charge in [-0.2, -0.15) is 0 Å². The molecule has 1 aliphatic carbocycles. The molecule has 0 unspecified atom stereocenters. The van der Waals surface area contributed by atoms with Gasteiger partial charge in [0.15, 0.2) is 0 Å². The van der Waals surface area contributed by atoms with Crippen LogP contribution in [0.2, 0.25) is 0 Å². The summed E-state index contributed by atoms with van der Waals surface area (Å²) < 4.78 is 5.13. The highest BCUT2D eigenvalue weighted by atomic mass is 16.5. The monoisotopic (exact) mass is 283 g/mol. The molecular weight excluding hydrogens is 258 g/mol. The second kappa shape index (κ2) is 8.74. The average Bonchev–Trinajstić information content (AvgIpc) is 2.43. The number of rotatable bonds is 7. The Balaban J connectivity index is 2.48. The highest BCUT2D eigenvalue weighted by molar-refractivity contribution is 5.73. The number of aliphatic hydroxyl groups is 1. The van der Waals surface area contributed by atoms with Crippen LogP contribution in [0.1, 0.15) is 45.4 Å². The molecule has 5 heteroatoms. The summed E-state index contributed by atoms with van der Waals surface area (Å²) in [6.45, 7) is 2.18. The Morgan fingerprint density at radius 3 is 2.55 bits per heavy atom. The minimum absolute atomic E-state index is 0.0516. The Labute approximate surface area is 120 Å². The van der Waals surface area contributed by atoms with Gasteiger partial charge in [0.1, 0.15) is 6.61 Å². The number of esters is 1. The normalized spacial score (nSPS) is 17.9. The summed E-state index contributed by atoms with van der Waals surface area (Å²) in [6, 6.07) is 0. The van der Waals surface area contributed by atoms with Gasteiger partial charge in [0.25, 0.3) is 0 Å². The van der Waals surface area contributed by atoms with E-state index in [1.165, 1.54) is 13.3 Å². The van der Waals surface area contributed by atoms with Crippen molar-refractivity contribution in [3.05, 3.63) is 12.2 Å². The van der Waals surface area contributed by atoms with Gasteiger partial charge in [-0.15, -0.1) is 0 Å². The van der Waals surface area contributed by atoms with Gasteiger partial charge in [-0.25, -0.2) is 0 Å². The van der Waals surface area contributed by atoms with Crippen LogP contribution in [0.25, 0.3) is 0 Å². The van der Waals surface area contributed by atoms with Crippen LogP contribution in [-0.2, 0) is 14.3 Å². The van der Waals surface area contributed by atoms with Gasteiger partial charge in [0.2, 0.25) is 5.91 Å². The quantitative estimate of drug-likeness (QED) is 0.549. The zero-order chi connectivity index (χ0) is 14.8. The van der Waals surface area contributed by atoms with E-state index in [0.717, 1.165) is 25.7 Å². The van der Waals surface area contributed by atoms with Gasteiger partial charge >= 0.3 is 5.97 Å². The van der Waals surface area contributed by atoms with Crippen LogP contribution >= 0.6 is 0 Å². The second-order valence-corrected chi connectivity index (χ2v) is 5.48. The van der Waals surface area contributed by atoms with E-state index in [0.29, 0.717) is 13.0 Å². The van der Waals surface area contributed by atoms with E-state index in [-0.39, 0.29) is 30.5 Å². The van der Waals surface area contributed by atoms with Crippen molar-refractivity contribution in [2.75, 3.05) is 19.8 Å². The first-order chi connectivity index (χ1) is 9.58. The third kappa shape index (κ3) is 6.19. The number of hydrogen-bond acceptors (Lipinski definition) is 4. The molecule has 0 atom stereocenters. The molecule has 0 aromatic heterocycles. The Kier molecular flexibility index (Phi) is 7.30. The molecule has 5 nitrogen and oxygen atoms in total. The lowest BCUT2D eigenvalue weighted by Crippen LogP contribution is -2.40. The Hall–Kier alpha value is -1.36. The molecule has 0 aliphatic heterocycles. The van der Waals surface area contributed by atoms with E-state index in [4.69, 9.17) is 9.84 Å². The summed E-state index contributed by atoms with van der Waals surface area (Å²) in [4.78, 5) is 23.0. The van der Waals surface area contributed by atoms with Crippen LogP contribution < -0.4 is 5.32 Å². The minimum Gasteiger partial charge on any atom is -0.461 e. The van der Waals surface area contributed by atoms with Crippen molar-refractivity contribution in [1.82, 2.24) is 5.32 Å². The zero-order valence-electron chi connectivity index (χ0n) is 12.2. The molecule has 1 rings (SSSR count). The number of nitrogens with one attached hydrogen (secondary N) is 1. The largest absolute Gasteiger partial charge is 0.461 e.